The normalized spacial score (nSPS) is 10.5. The molecule has 0 unspecified atom stereocenters. The molecule has 0 spiro atoms. The zero-order valence-electron chi connectivity index (χ0n) is 13.6. The van der Waals surface area contributed by atoms with Gasteiger partial charge in [-0.1, -0.05) is 12.1 Å². The zero-order valence-corrected chi connectivity index (χ0v) is 13.6. The molecule has 24 heavy (non-hydrogen) atoms. The molecular weight excluding hydrogens is 310 g/mol. The molecule has 0 aliphatic heterocycles. The van der Waals surface area contributed by atoms with Gasteiger partial charge in [0, 0.05) is 12.1 Å². The number of benzene rings is 2. The maximum atomic E-state index is 11.9. The van der Waals surface area contributed by atoms with E-state index in [1.165, 1.54) is 12.1 Å². The van der Waals surface area contributed by atoms with Gasteiger partial charge in [0.2, 0.25) is 0 Å². The van der Waals surface area contributed by atoms with Crippen LogP contribution in [0.15, 0.2) is 48.5 Å². The minimum absolute atomic E-state index is 0.00652. The monoisotopic (exact) mass is 329 g/mol. The molecule has 6 heteroatoms. The Morgan fingerprint density at radius 2 is 1.83 bits per heavy atom. The Bertz CT molecular complexity index is 710. The average molecular weight is 329 g/mol. The van der Waals surface area contributed by atoms with Crippen molar-refractivity contribution < 1.29 is 19.2 Å². The summed E-state index contributed by atoms with van der Waals surface area (Å²) in [6.07, 6.45) is 0.205. The second kappa shape index (κ2) is 8.10. The molecule has 0 heterocycles. The van der Waals surface area contributed by atoms with E-state index >= 15 is 0 Å². The van der Waals surface area contributed by atoms with Gasteiger partial charge in [0.05, 0.1) is 17.4 Å². The predicted molar refractivity (Wildman–Crippen MR) is 88.8 cm³/mol. The minimum atomic E-state index is -0.470. The van der Waals surface area contributed by atoms with Crippen molar-refractivity contribution >= 4 is 11.7 Å². The number of hydrogen-bond donors (Lipinski definition) is 0. The van der Waals surface area contributed by atoms with Crippen molar-refractivity contribution in [3.8, 4) is 5.75 Å². The number of carbonyl (C=O) groups is 1. The highest BCUT2D eigenvalue weighted by molar-refractivity contribution is 5.72. The van der Waals surface area contributed by atoms with Crippen molar-refractivity contribution in [3.05, 3.63) is 69.8 Å². The van der Waals surface area contributed by atoms with Gasteiger partial charge in [0.25, 0.3) is 5.69 Å². The third-order valence-corrected chi connectivity index (χ3v) is 3.17. The second-order valence-electron chi connectivity index (χ2n) is 5.58. The van der Waals surface area contributed by atoms with Gasteiger partial charge in [-0.15, -0.1) is 0 Å². The first kappa shape index (κ1) is 17.5. The van der Waals surface area contributed by atoms with Crippen LogP contribution in [0.4, 0.5) is 5.69 Å². The Morgan fingerprint density at radius 3 is 2.46 bits per heavy atom. The molecular formula is C18H19NO5. The lowest BCUT2D eigenvalue weighted by Crippen LogP contribution is -2.09. The molecule has 0 saturated heterocycles. The van der Waals surface area contributed by atoms with Crippen LogP contribution in [0.1, 0.15) is 25.0 Å². The molecule has 0 fully saturated rings. The Morgan fingerprint density at radius 1 is 1.12 bits per heavy atom. The van der Waals surface area contributed by atoms with Crippen molar-refractivity contribution in [2.45, 2.75) is 33.0 Å². The topological polar surface area (TPSA) is 78.7 Å². The molecule has 0 amide bonds. The summed E-state index contributed by atoms with van der Waals surface area (Å²) in [6, 6.07) is 13.2. The molecule has 0 aliphatic rings. The van der Waals surface area contributed by atoms with Crippen LogP contribution >= 0.6 is 0 Å². The van der Waals surface area contributed by atoms with Gasteiger partial charge in [-0.05, 0) is 49.2 Å². The number of carbonyl (C=O) groups excluding carboxylic acids is 1. The molecule has 0 aromatic heterocycles. The summed E-state index contributed by atoms with van der Waals surface area (Å²) in [7, 11) is 0. The molecule has 0 N–H and O–H groups in total. The molecule has 0 bridgehead atoms. The highest BCUT2D eigenvalue weighted by Gasteiger charge is 2.08. The summed E-state index contributed by atoms with van der Waals surface area (Å²) in [5.41, 5.74) is 1.51. The summed E-state index contributed by atoms with van der Waals surface area (Å²) in [4.78, 5) is 22.0. The number of ether oxygens (including phenoxy) is 2. The Labute approximate surface area is 140 Å². The van der Waals surface area contributed by atoms with Gasteiger partial charge >= 0.3 is 5.97 Å². The summed E-state index contributed by atoms with van der Waals surface area (Å²) < 4.78 is 10.8. The number of hydrogen-bond acceptors (Lipinski definition) is 5. The Kier molecular flexibility index (Phi) is 5.89. The van der Waals surface area contributed by atoms with Gasteiger partial charge < -0.3 is 9.47 Å². The number of nitro groups is 1. The summed E-state index contributed by atoms with van der Waals surface area (Å²) >= 11 is 0. The van der Waals surface area contributed by atoms with Crippen molar-refractivity contribution in [1.29, 1.82) is 0 Å². The van der Waals surface area contributed by atoms with Crippen molar-refractivity contribution in [3.63, 3.8) is 0 Å². The van der Waals surface area contributed by atoms with Gasteiger partial charge in [-0.25, -0.2) is 0 Å². The SMILES string of the molecule is CC(C)Oc1cccc(CC(=O)OCc2ccc([N+](=O)[O-])cc2)c1. The van der Waals surface area contributed by atoms with Crippen LogP contribution in [-0.4, -0.2) is 17.0 Å². The predicted octanol–water partition coefficient (Wildman–Crippen LogP) is 3.67. The Hall–Kier alpha value is -2.89. The average Bonchev–Trinajstić information content (AvgIpc) is 2.53. The number of esters is 1. The van der Waals surface area contributed by atoms with E-state index in [0.29, 0.717) is 11.3 Å². The summed E-state index contributed by atoms with van der Waals surface area (Å²) in [6.45, 7) is 3.95. The van der Waals surface area contributed by atoms with Crippen molar-refractivity contribution in [2.24, 2.45) is 0 Å². The second-order valence-corrected chi connectivity index (χ2v) is 5.58. The van der Waals surface area contributed by atoms with E-state index in [0.717, 1.165) is 5.56 Å². The molecule has 0 aliphatic carbocycles. The highest BCUT2D eigenvalue weighted by atomic mass is 16.6. The fraction of sp³-hybridized carbons (Fsp3) is 0.278. The van der Waals surface area contributed by atoms with E-state index in [9.17, 15) is 14.9 Å². The van der Waals surface area contributed by atoms with E-state index in [-0.39, 0.29) is 30.8 Å². The van der Waals surface area contributed by atoms with E-state index < -0.39 is 4.92 Å². The third kappa shape index (κ3) is 5.39. The molecule has 0 saturated carbocycles. The summed E-state index contributed by atoms with van der Waals surface area (Å²) in [5.74, 6) is 0.348. The van der Waals surface area contributed by atoms with Crippen molar-refractivity contribution in [2.75, 3.05) is 0 Å². The fourth-order valence-corrected chi connectivity index (χ4v) is 2.10. The van der Waals surface area contributed by atoms with Gasteiger partial charge in [-0.2, -0.15) is 0 Å². The fourth-order valence-electron chi connectivity index (χ4n) is 2.10. The molecule has 126 valence electrons. The number of nitro benzene ring substituents is 1. The van der Waals surface area contributed by atoms with Crippen LogP contribution in [-0.2, 0) is 22.6 Å². The molecule has 2 rings (SSSR count). The highest BCUT2D eigenvalue weighted by Crippen LogP contribution is 2.16. The van der Waals surface area contributed by atoms with Crippen LogP contribution in [0.2, 0.25) is 0 Å². The maximum Gasteiger partial charge on any atom is 0.310 e. The number of rotatable bonds is 7. The minimum Gasteiger partial charge on any atom is -0.491 e. The molecule has 2 aromatic carbocycles. The molecule has 0 atom stereocenters. The number of non-ortho nitro benzene ring substituents is 1. The lowest BCUT2D eigenvalue weighted by Gasteiger charge is -2.11. The zero-order chi connectivity index (χ0) is 17.5. The van der Waals surface area contributed by atoms with E-state index in [4.69, 9.17) is 9.47 Å². The maximum absolute atomic E-state index is 11.9. The van der Waals surface area contributed by atoms with E-state index in [1.807, 2.05) is 38.1 Å². The van der Waals surface area contributed by atoms with E-state index in [2.05, 4.69) is 0 Å². The van der Waals surface area contributed by atoms with Crippen LogP contribution in [0.25, 0.3) is 0 Å². The largest absolute Gasteiger partial charge is 0.491 e. The molecule has 0 radical (unpaired) electrons. The smallest absolute Gasteiger partial charge is 0.310 e. The van der Waals surface area contributed by atoms with Gasteiger partial charge in [0.15, 0.2) is 0 Å². The molecule has 2 aromatic rings. The quantitative estimate of drug-likeness (QED) is 0.440. The van der Waals surface area contributed by atoms with Crippen molar-refractivity contribution in [1.82, 2.24) is 0 Å². The first-order chi connectivity index (χ1) is 11.4. The van der Waals surface area contributed by atoms with Crippen LogP contribution in [0.5, 0.6) is 5.75 Å². The summed E-state index contributed by atoms with van der Waals surface area (Å²) in [5, 5.41) is 10.6. The van der Waals surface area contributed by atoms with Crippen LogP contribution in [0, 0.1) is 10.1 Å². The standard InChI is InChI=1S/C18H19NO5/c1-13(2)24-17-5-3-4-15(10-17)11-18(20)23-12-14-6-8-16(9-7-14)19(21)22/h3-10,13H,11-12H2,1-2H3. The first-order valence-corrected chi connectivity index (χ1v) is 7.58. The Balaban J connectivity index is 1.88. The molecule has 6 nitrogen and oxygen atoms in total. The van der Waals surface area contributed by atoms with E-state index in [1.54, 1.807) is 12.1 Å². The van der Waals surface area contributed by atoms with Gasteiger partial charge in [0.1, 0.15) is 12.4 Å². The van der Waals surface area contributed by atoms with Crippen LogP contribution in [0.3, 0.4) is 0 Å². The third-order valence-electron chi connectivity index (χ3n) is 3.17. The van der Waals surface area contributed by atoms with Gasteiger partial charge in [-0.3, -0.25) is 14.9 Å². The first-order valence-electron chi connectivity index (χ1n) is 7.58. The lowest BCUT2D eigenvalue weighted by molar-refractivity contribution is -0.384. The lowest BCUT2D eigenvalue weighted by atomic mass is 10.1. The number of nitrogens with zero attached hydrogens (tertiary/aromatic N) is 1. The van der Waals surface area contributed by atoms with Crippen LogP contribution < -0.4 is 4.74 Å².